The molecule has 0 unspecified atom stereocenters. The topological polar surface area (TPSA) is 85.9 Å². The number of hydrogen-bond donors (Lipinski definition) is 1. The summed E-state index contributed by atoms with van der Waals surface area (Å²) in [4.78, 5) is 12.4. The lowest BCUT2D eigenvalue weighted by atomic mass is 10.1. The molecule has 2 aromatic carbocycles. The maximum atomic E-state index is 12.4. The highest BCUT2D eigenvalue weighted by Crippen LogP contribution is 2.24. The van der Waals surface area contributed by atoms with Gasteiger partial charge in [0.25, 0.3) is 5.91 Å². The Morgan fingerprint density at radius 1 is 1.31 bits per heavy atom. The SMILES string of the molecule is Cc1ccc(Cl)cc1NC(=O)/C(C#N)=C/c1ccc(OCC#N)c(I)c1. The maximum Gasteiger partial charge on any atom is 0.266 e. The van der Waals surface area contributed by atoms with Crippen molar-refractivity contribution in [2.75, 3.05) is 11.9 Å². The Kier molecular flexibility index (Phi) is 7.02. The summed E-state index contributed by atoms with van der Waals surface area (Å²) in [5.41, 5.74) is 2.03. The maximum absolute atomic E-state index is 12.4. The second-order valence-corrected chi connectivity index (χ2v) is 6.82. The first-order valence-electron chi connectivity index (χ1n) is 7.43. The minimum Gasteiger partial charge on any atom is -0.478 e. The summed E-state index contributed by atoms with van der Waals surface area (Å²) < 4.78 is 6.05. The number of carbonyl (C=O) groups is 1. The van der Waals surface area contributed by atoms with Crippen LogP contribution in [0.3, 0.4) is 0 Å². The predicted octanol–water partition coefficient (Wildman–Crippen LogP) is 4.70. The molecule has 0 radical (unpaired) electrons. The summed E-state index contributed by atoms with van der Waals surface area (Å²) >= 11 is 8.01. The molecular formula is C19H13ClIN3O2. The van der Waals surface area contributed by atoms with Gasteiger partial charge < -0.3 is 10.1 Å². The van der Waals surface area contributed by atoms with Crippen LogP contribution >= 0.6 is 34.2 Å². The Hall–Kier alpha value is -2.55. The van der Waals surface area contributed by atoms with Gasteiger partial charge in [-0.2, -0.15) is 10.5 Å². The number of nitrogens with zero attached hydrogens (tertiary/aromatic N) is 2. The molecule has 0 atom stereocenters. The van der Waals surface area contributed by atoms with Crippen LogP contribution in [-0.4, -0.2) is 12.5 Å². The number of nitriles is 2. The normalized spacial score (nSPS) is 10.6. The van der Waals surface area contributed by atoms with Crippen molar-refractivity contribution in [2.45, 2.75) is 6.92 Å². The van der Waals surface area contributed by atoms with Gasteiger partial charge in [-0.15, -0.1) is 0 Å². The summed E-state index contributed by atoms with van der Waals surface area (Å²) in [6.45, 7) is 1.79. The number of nitrogens with one attached hydrogen (secondary N) is 1. The molecule has 5 nitrogen and oxygen atoms in total. The number of anilines is 1. The van der Waals surface area contributed by atoms with Gasteiger partial charge >= 0.3 is 0 Å². The van der Waals surface area contributed by atoms with E-state index in [4.69, 9.17) is 21.6 Å². The quantitative estimate of drug-likeness (QED) is 0.384. The first-order chi connectivity index (χ1) is 12.4. The van der Waals surface area contributed by atoms with Gasteiger partial charge in [0.05, 0.1) is 3.57 Å². The molecule has 0 saturated carbocycles. The highest BCUT2D eigenvalue weighted by molar-refractivity contribution is 14.1. The van der Waals surface area contributed by atoms with Crippen molar-refractivity contribution in [3.05, 3.63) is 61.7 Å². The average Bonchev–Trinajstić information content (AvgIpc) is 2.62. The first kappa shape index (κ1) is 19.8. The lowest BCUT2D eigenvalue weighted by Gasteiger charge is -2.09. The second kappa shape index (κ2) is 9.23. The molecule has 0 bridgehead atoms. The molecule has 0 spiro atoms. The molecule has 2 rings (SSSR count). The number of halogens is 2. The molecule has 0 aromatic heterocycles. The van der Waals surface area contributed by atoms with Crippen LogP contribution in [0.5, 0.6) is 5.75 Å². The highest BCUT2D eigenvalue weighted by atomic mass is 127. The van der Waals surface area contributed by atoms with Gasteiger partial charge in [0, 0.05) is 10.7 Å². The summed E-state index contributed by atoms with van der Waals surface area (Å²) in [7, 11) is 0. The Bertz CT molecular complexity index is 958. The van der Waals surface area contributed by atoms with Crippen LogP contribution in [0.4, 0.5) is 5.69 Å². The van der Waals surface area contributed by atoms with Crippen LogP contribution in [0.1, 0.15) is 11.1 Å². The number of rotatable bonds is 5. The number of carbonyl (C=O) groups excluding carboxylic acids is 1. The number of aryl methyl sites for hydroxylation is 1. The molecule has 0 heterocycles. The van der Waals surface area contributed by atoms with E-state index in [2.05, 4.69) is 27.9 Å². The zero-order valence-electron chi connectivity index (χ0n) is 13.7. The molecule has 1 N–H and O–H groups in total. The molecule has 26 heavy (non-hydrogen) atoms. The highest BCUT2D eigenvalue weighted by Gasteiger charge is 2.12. The van der Waals surface area contributed by atoms with E-state index in [0.717, 1.165) is 9.13 Å². The molecule has 0 fully saturated rings. The number of hydrogen-bond acceptors (Lipinski definition) is 4. The van der Waals surface area contributed by atoms with Crippen molar-refractivity contribution in [1.82, 2.24) is 0 Å². The van der Waals surface area contributed by atoms with Crippen LogP contribution < -0.4 is 10.1 Å². The van der Waals surface area contributed by atoms with Crippen molar-refractivity contribution in [2.24, 2.45) is 0 Å². The van der Waals surface area contributed by atoms with Gasteiger partial charge in [0.2, 0.25) is 0 Å². The van der Waals surface area contributed by atoms with Crippen molar-refractivity contribution < 1.29 is 9.53 Å². The third-order valence-electron chi connectivity index (χ3n) is 3.37. The Morgan fingerprint density at radius 3 is 2.73 bits per heavy atom. The fourth-order valence-corrected chi connectivity index (χ4v) is 2.93. The Morgan fingerprint density at radius 2 is 2.08 bits per heavy atom. The zero-order chi connectivity index (χ0) is 19.1. The zero-order valence-corrected chi connectivity index (χ0v) is 16.6. The summed E-state index contributed by atoms with van der Waals surface area (Å²) in [5, 5.41) is 21.1. The Balaban J connectivity index is 2.23. The third-order valence-corrected chi connectivity index (χ3v) is 4.45. The second-order valence-electron chi connectivity index (χ2n) is 5.22. The molecule has 130 valence electrons. The van der Waals surface area contributed by atoms with E-state index in [0.29, 0.717) is 22.0 Å². The van der Waals surface area contributed by atoms with E-state index >= 15 is 0 Å². The lowest BCUT2D eigenvalue weighted by molar-refractivity contribution is -0.112. The molecule has 0 aliphatic rings. The van der Waals surface area contributed by atoms with E-state index in [-0.39, 0.29) is 12.2 Å². The van der Waals surface area contributed by atoms with Gasteiger partial charge in [0.1, 0.15) is 23.5 Å². The molecule has 1 amide bonds. The summed E-state index contributed by atoms with van der Waals surface area (Å²) in [6.07, 6.45) is 1.49. The van der Waals surface area contributed by atoms with Crippen molar-refractivity contribution in [3.63, 3.8) is 0 Å². The molecular weight excluding hydrogens is 465 g/mol. The first-order valence-corrected chi connectivity index (χ1v) is 8.89. The van der Waals surface area contributed by atoms with Crippen molar-refractivity contribution in [1.29, 1.82) is 10.5 Å². The molecule has 7 heteroatoms. The largest absolute Gasteiger partial charge is 0.478 e. The summed E-state index contributed by atoms with van der Waals surface area (Å²) in [6, 6.07) is 14.1. The van der Waals surface area contributed by atoms with E-state index < -0.39 is 5.91 Å². The standard InChI is InChI=1S/C19H13ClIN3O2/c1-12-2-4-15(20)10-17(12)24-19(25)14(11-23)8-13-3-5-18(16(21)9-13)26-7-6-22/h2-5,8-10H,7H2,1H3,(H,24,25)/b14-8+. The van der Waals surface area contributed by atoms with Crippen LogP contribution in [0.2, 0.25) is 5.02 Å². The fourth-order valence-electron chi connectivity index (χ4n) is 2.07. The molecule has 0 saturated heterocycles. The van der Waals surface area contributed by atoms with Crippen molar-refractivity contribution in [3.8, 4) is 17.9 Å². The number of benzene rings is 2. The van der Waals surface area contributed by atoms with E-state index in [1.807, 2.05) is 19.1 Å². The van der Waals surface area contributed by atoms with Crippen LogP contribution in [0.15, 0.2) is 42.0 Å². The fraction of sp³-hybridized carbons (Fsp3) is 0.105. The molecule has 2 aromatic rings. The van der Waals surface area contributed by atoms with E-state index in [1.165, 1.54) is 6.08 Å². The van der Waals surface area contributed by atoms with Gasteiger partial charge in [0.15, 0.2) is 6.61 Å². The van der Waals surface area contributed by atoms with Crippen molar-refractivity contribution >= 4 is 51.9 Å². The molecule has 0 aliphatic heterocycles. The summed E-state index contributed by atoms with van der Waals surface area (Å²) in [5.74, 6) is 0.0551. The number of amides is 1. The number of ether oxygens (including phenoxy) is 1. The van der Waals surface area contributed by atoms with Gasteiger partial charge in [-0.1, -0.05) is 23.7 Å². The minimum atomic E-state index is -0.516. The van der Waals surface area contributed by atoms with E-state index in [1.54, 1.807) is 36.4 Å². The van der Waals surface area contributed by atoms with Gasteiger partial charge in [-0.25, -0.2) is 0 Å². The van der Waals surface area contributed by atoms with E-state index in [9.17, 15) is 10.1 Å². The third kappa shape index (κ3) is 5.22. The predicted molar refractivity (Wildman–Crippen MR) is 109 cm³/mol. The molecule has 0 aliphatic carbocycles. The van der Waals surface area contributed by atoms with Crippen LogP contribution in [-0.2, 0) is 4.79 Å². The smallest absolute Gasteiger partial charge is 0.266 e. The van der Waals surface area contributed by atoms with Crippen LogP contribution in [0.25, 0.3) is 6.08 Å². The monoisotopic (exact) mass is 477 g/mol. The van der Waals surface area contributed by atoms with Gasteiger partial charge in [-0.3, -0.25) is 4.79 Å². The van der Waals surface area contributed by atoms with Crippen LogP contribution in [0, 0.1) is 33.2 Å². The van der Waals surface area contributed by atoms with Gasteiger partial charge in [-0.05, 0) is 71.0 Å². The Labute approximate surface area is 170 Å². The average molecular weight is 478 g/mol. The minimum absolute atomic E-state index is 0.0362. The lowest BCUT2D eigenvalue weighted by Crippen LogP contribution is -2.14.